The first kappa shape index (κ1) is 23.6. The third-order valence-electron chi connectivity index (χ3n) is 5.95. The van der Waals surface area contributed by atoms with E-state index in [0.717, 1.165) is 61.7 Å². The lowest BCUT2D eigenvalue weighted by atomic mass is 9.96. The van der Waals surface area contributed by atoms with Gasteiger partial charge >= 0.3 is 12.1 Å². The van der Waals surface area contributed by atoms with Gasteiger partial charge in [-0.05, 0) is 50.0 Å². The highest BCUT2D eigenvalue weighted by atomic mass is 19.4. The van der Waals surface area contributed by atoms with Crippen LogP contribution >= 0.6 is 0 Å². The van der Waals surface area contributed by atoms with Gasteiger partial charge in [-0.3, -0.25) is 9.69 Å². The zero-order valence-corrected chi connectivity index (χ0v) is 18.2. The third-order valence-corrected chi connectivity index (χ3v) is 5.95. The van der Waals surface area contributed by atoms with Crippen LogP contribution in [0.5, 0.6) is 0 Å². The lowest BCUT2D eigenvalue weighted by Crippen LogP contribution is -2.56. The molecule has 1 aromatic heterocycles. The number of rotatable bonds is 5. The Kier molecular flexibility index (Phi) is 6.24. The number of nitrogens with one attached hydrogen (secondary N) is 2. The first-order chi connectivity index (χ1) is 16.0. The monoisotopic (exact) mass is 481 g/mol. The predicted molar refractivity (Wildman–Crippen MR) is 114 cm³/mol. The molecule has 1 amide bonds. The second-order valence-electron chi connectivity index (χ2n) is 8.30. The van der Waals surface area contributed by atoms with Crippen LogP contribution in [0.3, 0.4) is 0 Å². The Balaban J connectivity index is 1.69. The maximum atomic E-state index is 13.6. The molecule has 4 heterocycles. The van der Waals surface area contributed by atoms with Crippen LogP contribution in [-0.4, -0.2) is 63.2 Å². The highest BCUT2D eigenvalue weighted by Gasteiger charge is 2.42. The minimum Gasteiger partial charge on any atom is -0.476 e. The van der Waals surface area contributed by atoms with Crippen LogP contribution in [0.2, 0.25) is 0 Å². The summed E-state index contributed by atoms with van der Waals surface area (Å²) in [6, 6.07) is 1.23. The van der Waals surface area contributed by atoms with Gasteiger partial charge in [0, 0.05) is 31.4 Å². The second-order valence-corrected chi connectivity index (χ2v) is 8.30. The minimum atomic E-state index is -4.71. The molecule has 0 aromatic carbocycles. The Bertz CT molecular complexity index is 1090. The Labute approximate surface area is 192 Å². The SMILES string of the molecule is C[C@@H](Nc1ccc(F)nc1C(=O)O)C1=CC(C(F)(F)F)=CN2C(=O)C=C(N3CCCCC3)NC12. The number of aromatic carboxylic acids is 1. The van der Waals surface area contributed by atoms with E-state index < -0.39 is 47.5 Å². The third kappa shape index (κ3) is 4.70. The van der Waals surface area contributed by atoms with E-state index in [1.807, 2.05) is 4.90 Å². The molecule has 2 atom stereocenters. The molecular weight excluding hydrogens is 458 g/mol. The summed E-state index contributed by atoms with van der Waals surface area (Å²) in [4.78, 5) is 30.7. The molecule has 12 heteroatoms. The lowest BCUT2D eigenvalue weighted by molar-refractivity contribution is -0.127. The summed E-state index contributed by atoms with van der Waals surface area (Å²) in [6.45, 7) is 2.97. The largest absolute Gasteiger partial charge is 0.476 e. The molecule has 0 saturated carbocycles. The molecule has 3 aliphatic heterocycles. The number of anilines is 1. The van der Waals surface area contributed by atoms with E-state index in [4.69, 9.17) is 0 Å². The summed E-state index contributed by atoms with van der Waals surface area (Å²) in [5.41, 5.74) is -1.53. The van der Waals surface area contributed by atoms with E-state index in [1.165, 1.54) is 13.0 Å². The number of hydrogen-bond donors (Lipinski definition) is 3. The van der Waals surface area contributed by atoms with Gasteiger partial charge in [-0.25, -0.2) is 9.78 Å². The van der Waals surface area contributed by atoms with Gasteiger partial charge in [-0.1, -0.05) is 0 Å². The van der Waals surface area contributed by atoms with E-state index in [9.17, 15) is 32.3 Å². The second kappa shape index (κ2) is 8.99. The highest BCUT2D eigenvalue weighted by molar-refractivity contribution is 5.92. The van der Waals surface area contributed by atoms with E-state index >= 15 is 0 Å². The molecule has 0 radical (unpaired) electrons. The fourth-order valence-electron chi connectivity index (χ4n) is 4.26. The number of alkyl halides is 3. The van der Waals surface area contributed by atoms with Crippen molar-refractivity contribution in [3.63, 3.8) is 0 Å². The Morgan fingerprint density at radius 3 is 2.59 bits per heavy atom. The van der Waals surface area contributed by atoms with Crippen LogP contribution in [0.4, 0.5) is 23.2 Å². The summed E-state index contributed by atoms with van der Waals surface area (Å²) >= 11 is 0. The van der Waals surface area contributed by atoms with E-state index in [0.29, 0.717) is 5.82 Å². The van der Waals surface area contributed by atoms with Gasteiger partial charge in [-0.2, -0.15) is 17.6 Å². The Morgan fingerprint density at radius 2 is 1.94 bits per heavy atom. The summed E-state index contributed by atoms with van der Waals surface area (Å²) in [7, 11) is 0. The quantitative estimate of drug-likeness (QED) is 0.439. The van der Waals surface area contributed by atoms with Gasteiger partial charge in [0.05, 0.1) is 11.3 Å². The highest BCUT2D eigenvalue weighted by Crippen LogP contribution is 2.35. The predicted octanol–water partition coefficient (Wildman–Crippen LogP) is 3.19. The molecule has 1 aromatic rings. The first-order valence-corrected chi connectivity index (χ1v) is 10.8. The Hall–Kier alpha value is -3.57. The number of hydrogen-bond acceptors (Lipinski definition) is 6. The number of halogens is 4. The normalized spacial score (nSPS) is 21.6. The van der Waals surface area contributed by atoms with Crippen molar-refractivity contribution in [1.82, 2.24) is 20.1 Å². The number of allylic oxidation sites excluding steroid dienone is 2. The zero-order valence-electron chi connectivity index (χ0n) is 18.2. The average molecular weight is 481 g/mol. The number of aromatic nitrogens is 1. The van der Waals surface area contributed by atoms with Gasteiger partial charge in [0.25, 0.3) is 5.91 Å². The molecular formula is C22H23F4N5O3. The number of carbonyl (C=O) groups is 2. The number of pyridine rings is 1. The number of amides is 1. The molecule has 34 heavy (non-hydrogen) atoms. The van der Waals surface area contributed by atoms with Gasteiger partial charge in [-0.15, -0.1) is 0 Å². The smallest absolute Gasteiger partial charge is 0.417 e. The minimum absolute atomic E-state index is 0.0640. The zero-order chi connectivity index (χ0) is 24.6. The summed E-state index contributed by atoms with van der Waals surface area (Å²) in [6.07, 6.45) is 0.304. The van der Waals surface area contributed by atoms with Crippen molar-refractivity contribution in [2.75, 3.05) is 18.4 Å². The van der Waals surface area contributed by atoms with Gasteiger partial charge in [0.15, 0.2) is 5.69 Å². The van der Waals surface area contributed by atoms with Crippen LogP contribution in [0.1, 0.15) is 36.7 Å². The van der Waals surface area contributed by atoms with Crippen molar-refractivity contribution in [2.45, 2.75) is 44.6 Å². The first-order valence-electron chi connectivity index (χ1n) is 10.8. The molecule has 0 aliphatic carbocycles. The number of nitrogens with zero attached hydrogens (tertiary/aromatic N) is 3. The molecule has 1 unspecified atom stereocenters. The summed E-state index contributed by atoms with van der Waals surface area (Å²) in [5, 5.41) is 15.3. The van der Waals surface area contributed by atoms with E-state index in [-0.39, 0.29) is 11.3 Å². The lowest BCUT2D eigenvalue weighted by Gasteiger charge is -2.43. The number of fused-ring (bicyclic) bond motifs is 1. The van der Waals surface area contributed by atoms with Gasteiger partial charge in [0.1, 0.15) is 12.0 Å². The maximum Gasteiger partial charge on any atom is 0.417 e. The van der Waals surface area contributed by atoms with Gasteiger partial charge < -0.3 is 20.6 Å². The topological polar surface area (TPSA) is 97.8 Å². The van der Waals surface area contributed by atoms with Crippen LogP contribution in [-0.2, 0) is 4.79 Å². The number of carboxylic acids is 1. The fourth-order valence-corrected chi connectivity index (χ4v) is 4.26. The van der Waals surface area contributed by atoms with Crippen LogP contribution in [0.25, 0.3) is 0 Å². The maximum absolute atomic E-state index is 13.6. The molecule has 0 bridgehead atoms. The van der Waals surface area contributed by atoms with Crippen LogP contribution < -0.4 is 10.6 Å². The van der Waals surface area contributed by atoms with Crippen LogP contribution in [0, 0.1) is 5.95 Å². The molecule has 8 nitrogen and oxygen atoms in total. The Morgan fingerprint density at radius 1 is 1.24 bits per heavy atom. The standard InChI is InChI=1S/C22H23F4N5O3/c1-12(27-15-5-6-16(23)28-19(15)21(33)34)14-9-13(22(24,25)26)11-31-18(32)10-17(29-20(14)31)30-7-3-2-4-8-30/h5-6,9-12,20,27,29H,2-4,7-8H2,1H3,(H,33,34)/t12-,20?/m1/s1. The van der Waals surface area contributed by atoms with E-state index in [2.05, 4.69) is 15.6 Å². The number of carboxylic acid groups (broad SMARTS) is 1. The van der Waals surface area contributed by atoms with Crippen molar-refractivity contribution in [3.8, 4) is 0 Å². The van der Waals surface area contributed by atoms with Crippen molar-refractivity contribution < 1.29 is 32.3 Å². The van der Waals surface area contributed by atoms with Crippen molar-refractivity contribution in [3.05, 3.63) is 59.1 Å². The molecule has 3 aliphatic rings. The number of piperidine rings is 1. The summed E-state index contributed by atoms with van der Waals surface area (Å²) < 4.78 is 54.3. The van der Waals surface area contributed by atoms with Crippen molar-refractivity contribution >= 4 is 17.6 Å². The molecule has 182 valence electrons. The molecule has 0 spiro atoms. The molecule has 3 N–H and O–H groups in total. The fraction of sp³-hybridized carbons (Fsp3) is 0.409. The van der Waals surface area contributed by atoms with Gasteiger partial charge in [0.2, 0.25) is 5.95 Å². The number of likely N-dealkylation sites (tertiary alicyclic amines) is 1. The molecule has 4 rings (SSSR count). The number of carbonyl (C=O) groups excluding carboxylic acids is 1. The van der Waals surface area contributed by atoms with E-state index in [1.54, 1.807) is 0 Å². The molecule has 1 fully saturated rings. The van der Waals surface area contributed by atoms with Crippen molar-refractivity contribution in [2.24, 2.45) is 0 Å². The van der Waals surface area contributed by atoms with Crippen LogP contribution in [0.15, 0.2) is 47.5 Å². The molecule has 1 saturated heterocycles. The van der Waals surface area contributed by atoms with Crippen molar-refractivity contribution in [1.29, 1.82) is 0 Å². The summed E-state index contributed by atoms with van der Waals surface area (Å²) in [5.74, 6) is -2.57. The average Bonchev–Trinajstić information content (AvgIpc) is 2.79.